The molecule has 0 unspecified atom stereocenters. The lowest BCUT2D eigenvalue weighted by Gasteiger charge is -2.23. The minimum atomic E-state index is -3.37. The minimum Gasteiger partial charge on any atom is -0.312 e. The molecular weight excluding hydrogens is 348 g/mol. The number of carbonyl (C=O) groups is 1. The fourth-order valence-electron chi connectivity index (χ4n) is 3.36. The highest BCUT2D eigenvalue weighted by molar-refractivity contribution is 7.92. The molecule has 0 atom stereocenters. The molecule has 1 fully saturated rings. The molecule has 3 rings (SSSR count). The van der Waals surface area contributed by atoms with Gasteiger partial charge < -0.3 is 4.90 Å². The van der Waals surface area contributed by atoms with Crippen LogP contribution in [-0.2, 0) is 14.8 Å². The molecule has 0 radical (unpaired) electrons. The average molecular weight is 372 g/mol. The van der Waals surface area contributed by atoms with Crippen molar-refractivity contribution in [3.63, 3.8) is 0 Å². The van der Waals surface area contributed by atoms with Crippen LogP contribution < -0.4 is 9.62 Å². The van der Waals surface area contributed by atoms with E-state index in [4.69, 9.17) is 0 Å². The Morgan fingerprint density at radius 2 is 1.85 bits per heavy atom. The third kappa shape index (κ3) is 3.90. The fourth-order valence-corrected chi connectivity index (χ4v) is 3.93. The Kier molecular flexibility index (Phi) is 5.05. The van der Waals surface area contributed by atoms with E-state index in [1.807, 2.05) is 29.2 Å². The number of sulfonamides is 1. The van der Waals surface area contributed by atoms with Crippen molar-refractivity contribution in [2.75, 3.05) is 22.4 Å². The van der Waals surface area contributed by atoms with Gasteiger partial charge in [-0.1, -0.05) is 38.1 Å². The van der Waals surface area contributed by atoms with Gasteiger partial charge in [-0.3, -0.25) is 9.52 Å². The Labute approximate surface area is 155 Å². The molecule has 1 amide bonds. The summed E-state index contributed by atoms with van der Waals surface area (Å²) in [7, 11) is -3.37. The van der Waals surface area contributed by atoms with E-state index < -0.39 is 10.0 Å². The number of carbonyl (C=O) groups excluding carboxylic acids is 1. The van der Waals surface area contributed by atoms with Crippen LogP contribution in [0.2, 0.25) is 0 Å². The van der Waals surface area contributed by atoms with Crippen LogP contribution in [0.4, 0.5) is 11.4 Å². The molecule has 0 aliphatic carbocycles. The summed E-state index contributed by atoms with van der Waals surface area (Å²) in [4.78, 5) is 14.0. The number of hydrogen-bond acceptors (Lipinski definition) is 3. The Bertz CT molecular complexity index is 936. The smallest absolute Gasteiger partial charge is 0.229 e. The lowest BCUT2D eigenvalue weighted by molar-refractivity contribution is -0.117. The van der Waals surface area contributed by atoms with Gasteiger partial charge in [0.1, 0.15) is 0 Å². The van der Waals surface area contributed by atoms with Crippen molar-refractivity contribution in [2.45, 2.75) is 32.6 Å². The van der Waals surface area contributed by atoms with Crippen molar-refractivity contribution < 1.29 is 13.2 Å². The van der Waals surface area contributed by atoms with Crippen molar-refractivity contribution in [3.05, 3.63) is 48.0 Å². The summed E-state index contributed by atoms with van der Waals surface area (Å²) in [6.07, 6.45) is 2.63. The van der Waals surface area contributed by atoms with E-state index >= 15 is 0 Å². The number of para-hydroxylation sites is 1. The summed E-state index contributed by atoms with van der Waals surface area (Å²) < 4.78 is 25.9. The number of hydrogen-bond donors (Lipinski definition) is 1. The second-order valence-electron chi connectivity index (χ2n) is 7.00. The number of nitrogens with one attached hydrogen (secondary N) is 1. The standard InChI is InChI=1S/C20H24N2O3S/c1-14(2)17-13-15(10-11-19(17)22-12-6-9-20(22)23)16-7-4-5-8-18(16)21-26(3,24)25/h4-5,7-8,10-11,13-14,21H,6,9,12H2,1-3H3. The highest BCUT2D eigenvalue weighted by atomic mass is 32.2. The highest BCUT2D eigenvalue weighted by Crippen LogP contribution is 2.36. The van der Waals surface area contributed by atoms with Gasteiger partial charge in [-0.25, -0.2) is 8.42 Å². The molecule has 138 valence electrons. The zero-order chi connectivity index (χ0) is 18.9. The first-order valence-electron chi connectivity index (χ1n) is 8.78. The summed E-state index contributed by atoms with van der Waals surface area (Å²) in [6.45, 7) is 4.96. The topological polar surface area (TPSA) is 66.5 Å². The molecule has 6 heteroatoms. The number of rotatable bonds is 5. The van der Waals surface area contributed by atoms with Gasteiger partial charge in [-0.2, -0.15) is 0 Å². The molecule has 2 aromatic rings. The molecule has 2 aromatic carbocycles. The highest BCUT2D eigenvalue weighted by Gasteiger charge is 2.25. The Morgan fingerprint density at radius 1 is 1.12 bits per heavy atom. The summed E-state index contributed by atoms with van der Waals surface area (Å²) in [5.41, 5.74) is 4.34. The van der Waals surface area contributed by atoms with E-state index in [0.717, 1.165) is 41.6 Å². The van der Waals surface area contributed by atoms with Crippen molar-refractivity contribution in [1.29, 1.82) is 0 Å². The third-order valence-corrected chi connectivity index (χ3v) is 5.14. The maximum atomic E-state index is 12.2. The normalized spacial score (nSPS) is 14.9. The molecule has 1 heterocycles. The summed E-state index contributed by atoms with van der Waals surface area (Å²) in [5.74, 6) is 0.409. The molecule has 1 aliphatic rings. The summed E-state index contributed by atoms with van der Waals surface area (Å²) in [5, 5.41) is 0. The predicted octanol–water partition coefficient (Wildman–Crippen LogP) is 3.98. The van der Waals surface area contributed by atoms with Gasteiger partial charge in [0.15, 0.2) is 0 Å². The van der Waals surface area contributed by atoms with Crippen molar-refractivity contribution >= 4 is 27.3 Å². The first-order valence-corrected chi connectivity index (χ1v) is 10.7. The fraction of sp³-hybridized carbons (Fsp3) is 0.350. The van der Waals surface area contributed by atoms with Crippen LogP contribution in [-0.4, -0.2) is 27.1 Å². The van der Waals surface area contributed by atoms with E-state index in [9.17, 15) is 13.2 Å². The zero-order valence-electron chi connectivity index (χ0n) is 15.3. The van der Waals surface area contributed by atoms with Crippen LogP contribution in [0.25, 0.3) is 11.1 Å². The lowest BCUT2D eigenvalue weighted by atomic mass is 9.94. The maximum absolute atomic E-state index is 12.2. The Balaban J connectivity index is 2.08. The van der Waals surface area contributed by atoms with Crippen LogP contribution in [0.15, 0.2) is 42.5 Å². The average Bonchev–Trinajstić information content (AvgIpc) is 2.99. The third-order valence-electron chi connectivity index (χ3n) is 4.55. The van der Waals surface area contributed by atoms with E-state index in [-0.39, 0.29) is 11.8 Å². The molecular formula is C20H24N2O3S. The summed E-state index contributed by atoms with van der Waals surface area (Å²) in [6, 6.07) is 13.3. The molecule has 5 nitrogen and oxygen atoms in total. The van der Waals surface area contributed by atoms with Crippen LogP contribution in [0.5, 0.6) is 0 Å². The van der Waals surface area contributed by atoms with Gasteiger partial charge in [-0.05, 0) is 41.7 Å². The molecule has 1 N–H and O–H groups in total. The molecule has 0 spiro atoms. The van der Waals surface area contributed by atoms with Gasteiger partial charge in [0.05, 0.1) is 11.9 Å². The molecule has 1 saturated heterocycles. The van der Waals surface area contributed by atoms with E-state index in [0.29, 0.717) is 12.1 Å². The van der Waals surface area contributed by atoms with E-state index in [1.54, 1.807) is 12.1 Å². The number of anilines is 2. The van der Waals surface area contributed by atoms with Gasteiger partial charge in [0.25, 0.3) is 0 Å². The van der Waals surface area contributed by atoms with Gasteiger partial charge in [0, 0.05) is 24.2 Å². The maximum Gasteiger partial charge on any atom is 0.229 e. The van der Waals surface area contributed by atoms with Crippen LogP contribution in [0.1, 0.15) is 38.2 Å². The quantitative estimate of drug-likeness (QED) is 0.863. The largest absolute Gasteiger partial charge is 0.312 e. The molecule has 26 heavy (non-hydrogen) atoms. The van der Waals surface area contributed by atoms with Gasteiger partial charge in [-0.15, -0.1) is 0 Å². The minimum absolute atomic E-state index is 0.166. The van der Waals surface area contributed by atoms with Crippen LogP contribution in [0, 0.1) is 0 Å². The molecule has 1 aliphatic heterocycles. The Morgan fingerprint density at radius 3 is 2.46 bits per heavy atom. The molecule has 0 aromatic heterocycles. The van der Waals surface area contributed by atoms with Crippen molar-refractivity contribution in [1.82, 2.24) is 0 Å². The van der Waals surface area contributed by atoms with Gasteiger partial charge in [0.2, 0.25) is 15.9 Å². The monoisotopic (exact) mass is 372 g/mol. The van der Waals surface area contributed by atoms with Crippen LogP contribution >= 0.6 is 0 Å². The Hall–Kier alpha value is -2.34. The van der Waals surface area contributed by atoms with Crippen molar-refractivity contribution in [2.24, 2.45) is 0 Å². The van der Waals surface area contributed by atoms with Crippen molar-refractivity contribution in [3.8, 4) is 11.1 Å². The number of amides is 1. The predicted molar refractivity (Wildman–Crippen MR) is 106 cm³/mol. The number of benzene rings is 2. The molecule has 0 saturated carbocycles. The summed E-state index contributed by atoms with van der Waals surface area (Å²) >= 11 is 0. The SMILES string of the molecule is CC(C)c1cc(-c2ccccc2NS(C)(=O)=O)ccc1N1CCCC1=O. The van der Waals surface area contributed by atoms with Gasteiger partial charge >= 0.3 is 0 Å². The van der Waals surface area contributed by atoms with E-state index in [1.165, 1.54) is 0 Å². The molecule has 0 bridgehead atoms. The first-order chi connectivity index (χ1) is 12.3. The van der Waals surface area contributed by atoms with E-state index in [2.05, 4.69) is 24.6 Å². The second kappa shape index (κ2) is 7.11. The second-order valence-corrected chi connectivity index (χ2v) is 8.75. The number of nitrogens with zero attached hydrogens (tertiary/aromatic N) is 1. The lowest BCUT2D eigenvalue weighted by Crippen LogP contribution is -2.25. The first kappa shape index (κ1) is 18.5. The van der Waals surface area contributed by atoms with Crippen LogP contribution in [0.3, 0.4) is 0 Å². The zero-order valence-corrected chi connectivity index (χ0v) is 16.1.